The van der Waals surface area contributed by atoms with E-state index in [2.05, 4.69) is 11.8 Å². The summed E-state index contributed by atoms with van der Waals surface area (Å²) in [6, 6.07) is 17.2. The minimum atomic E-state index is -0.125. The standard InChI is InChI=1S/C18H18O3/c19-13-4-6-16-9-11-18(12-10-16)21-15-5-14-20-17-7-2-1-3-8-17/h1-3,7-12,19H,5,13-15H2. The number of benzene rings is 2. The van der Waals surface area contributed by atoms with Crippen molar-refractivity contribution in [3.05, 3.63) is 60.2 Å². The first-order valence-electron chi connectivity index (χ1n) is 6.89. The fraction of sp³-hybridized carbons (Fsp3) is 0.222. The van der Waals surface area contributed by atoms with E-state index in [1.807, 2.05) is 54.6 Å². The summed E-state index contributed by atoms with van der Waals surface area (Å²) in [6.45, 7) is 1.11. The second-order valence-electron chi connectivity index (χ2n) is 4.35. The number of aliphatic hydroxyl groups is 1. The van der Waals surface area contributed by atoms with Crippen molar-refractivity contribution in [3.63, 3.8) is 0 Å². The Morgan fingerprint density at radius 1 is 0.810 bits per heavy atom. The first-order valence-corrected chi connectivity index (χ1v) is 6.89. The minimum Gasteiger partial charge on any atom is -0.493 e. The molecule has 21 heavy (non-hydrogen) atoms. The van der Waals surface area contributed by atoms with Crippen LogP contribution in [0.2, 0.25) is 0 Å². The van der Waals surface area contributed by atoms with Gasteiger partial charge in [0.05, 0.1) is 13.2 Å². The van der Waals surface area contributed by atoms with Crippen LogP contribution < -0.4 is 9.47 Å². The molecule has 108 valence electrons. The van der Waals surface area contributed by atoms with Gasteiger partial charge >= 0.3 is 0 Å². The van der Waals surface area contributed by atoms with Crippen molar-refractivity contribution >= 4 is 0 Å². The molecular weight excluding hydrogens is 264 g/mol. The summed E-state index contributed by atoms with van der Waals surface area (Å²) >= 11 is 0. The van der Waals surface area contributed by atoms with Gasteiger partial charge in [-0.25, -0.2) is 0 Å². The summed E-state index contributed by atoms with van der Waals surface area (Å²) in [4.78, 5) is 0. The van der Waals surface area contributed by atoms with Gasteiger partial charge < -0.3 is 14.6 Å². The lowest BCUT2D eigenvalue weighted by Crippen LogP contribution is -2.04. The van der Waals surface area contributed by atoms with Crippen molar-refractivity contribution < 1.29 is 14.6 Å². The van der Waals surface area contributed by atoms with Gasteiger partial charge in [0.1, 0.15) is 18.1 Å². The number of aliphatic hydroxyl groups excluding tert-OH is 1. The second-order valence-corrected chi connectivity index (χ2v) is 4.35. The van der Waals surface area contributed by atoms with Gasteiger partial charge in [-0.2, -0.15) is 0 Å². The van der Waals surface area contributed by atoms with Gasteiger partial charge in [-0.3, -0.25) is 0 Å². The van der Waals surface area contributed by atoms with E-state index >= 15 is 0 Å². The van der Waals surface area contributed by atoms with Crippen LogP contribution in [0, 0.1) is 11.8 Å². The highest BCUT2D eigenvalue weighted by Gasteiger charge is 1.95. The summed E-state index contributed by atoms with van der Waals surface area (Å²) in [6.07, 6.45) is 0.820. The van der Waals surface area contributed by atoms with E-state index in [0.29, 0.717) is 13.2 Å². The predicted octanol–water partition coefficient (Wildman–Crippen LogP) is 2.88. The van der Waals surface area contributed by atoms with Crippen LogP contribution in [0.1, 0.15) is 12.0 Å². The molecule has 0 aliphatic heterocycles. The van der Waals surface area contributed by atoms with Crippen molar-refractivity contribution in [2.75, 3.05) is 19.8 Å². The molecule has 0 aliphatic carbocycles. The third-order valence-corrected chi connectivity index (χ3v) is 2.74. The van der Waals surface area contributed by atoms with Crippen molar-refractivity contribution in [2.45, 2.75) is 6.42 Å². The fourth-order valence-corrected chi connectivity index (χ4v) is 1.73. The normalized spacial score (nSPS) is 9.57. The van der Waals surface area contributed by atoms with Gasteiger partial charge in [-0.05, 0) is 36.4 Å². The maximum Gasteiger partial charge on any atom is 0.119 e. The average Bonchev–Trinajstić information content (AvgIpc) is 2.55. The lowest BCUT2D eigenvalue weighted by molar-refractivity contribution is 0.247. The molecule has 0 bridgehead atoms. The lowest BCUT2D eigenvalue weighted by atomic mass is 10.2. The number of rotatable bonds is 6. The Morgan fingerprint density at radius 3 is 2.05 bits per heavy atom. The van der Waals surface area contributed by atoms with Gasteiger partial charge in [-0.15, -0.1) is 0 Å². The zero-order chi connectivity index (χ0) is 14.8. The zero-order valence-corrected chi connectivity index (χ0v) is 11.8. The molecule has 0 atom stereocenters. The molecule has 0 radical (unpaired) electrons. The molecule has 0 aliphatic rings. The number of ether oxygens (including phenoxy) is 2. The summed E-state index contributed by atoms with van der Waals surface area (Å²) in [5.74, 6) is 7.14. The van der Waals surface area contributed by atoms with Crippen LogP contribution in [0.5, 0.6) is 11.5 Å². The molecule has 3 nitrogen and oxygen atoms in total. The van der Waals surface area contributed by atoms with E-state index in [9.17, 15) is 0 Å². The van der Waals surface area contributed by atoms with Gasteiger partial charge in [-0.1, -0.05) is 30.0 Å². The Bertz CT molecular complexity index is 579. The Morgan fingerprint density at radius 2 is 1.43 bits per heavy atom. The molecule has 0 saturated heterocycles. The molecule has 0 unspecified atom stereocenters. The maximum absolute atomic E-state index is 8.62. The Hall–Kier alpha value is -2.44. The maximum atomic E-state index is 8.62. The third-order valence-electron chi connectivity index (χ3n) is 2.74. The van der Waals surface area contributed by atoms with E-state index in [1.165, 1.54) is 0 Å². The van der Waals surface area contributed by atoms with Gasteiger partial charge in [0.25, 0.3) is 0 Å². The van der Waals surface area contributed by atoms with Crippen molar-refractivity contribution in [1.82, 2.24) is 0 Å². The molecular formula is C18H18O3. The molecule has 0 heterocycles. The molecule has 1 N–H and O–H groups in total. The summed E-state index contributed by atoms with van der Waals surface area (Å²) in [7, 11) is 0. The van der Waals surface area contributed by atoms with Crippen LogP contribution >= 0.6 is 0 Å². The first-order chi connectivity index (χ1) is 10.4. The third kappa shape index (κ3) is 5.60. The van der Waals surface area contributed by atoms with E-state index in [0.717, 1.165) is 23.5 Å². The largest absolute Gasteiger partial charge is 0.493 e. The SMILES string of the molecule is OCC#Cc1ccc(OCCCOc2ccccc2)cc1. The second kappa shape index (κ2) is 8.68. The van der Waals surface area contributed by atoms with Crippen LogP contribution in [0.4, 0.5) is 0 Å². The lowest BCUT2D eigenvalue weighted by Gasteiger charge is -2.08. The van der Waals surface area contributed by atoms with Crippen molar-refractivity contribution in [3.8, 4) is 23.3 Å². The highest BCUT2D eigenvalue weighted by molar-refractivity contribution is 5.38. The van der Waals surface area contributed by atoms with E-state index in [1.54, 1.807) is 0 Å². The van der Waals surface area contributed by atoms with Crippen LogP contribution in [0.15, 0.2) is 54.6 Å². The summed E-state index contributed by atoms with van der Waals surface area (Å²) < 4.78 is 11.2. The summed E-state index contributed by atoms with van der Waals surface area (Å²) in [5, 5.41) is 8.62. The van der Waals surface area contributed by atoms with Crippen LogP contribution in [0.25, 0.3) is 0 Å². The smallest absolute Gasteiger partial charge is 0.119 e. The van der Waals surface area contributed by atoms with E-state index in [4.69, 9.17) is 14.6 Å². The molecule has 0 spiro atoms. The van der Waals surface area contributed by atoms with Crippen LogP contribution in [-0.2, 0) is 0 Å². The van der Waals surface area contributed by atoms with Gasteiger partial charge in [0.15, 0.2) is 0 Å². The molecule has 0 saturated carbocycles. The molecule has 0 fully saturated rings. The van der Waals surface area contributed by atoms with Crippen molar-refractivity contribution in [1.29, 1.82) is 0 Å². The Kier molecular flexibility index (Phi) is 6.18. The first kappa shape index (κ1) is 15.0. The molecule has 2 aromatic carbocycles. The van der Waals surface area contributed by atoms with Crippen molar-refractivity contribution in [2.24, 2.45) is 0 Å². The molecule has 2 rings (SSSR count). The van der Waals surface area contributed by atoms with E-state index < -0.39 is 0 Å². The summed E-state index contributed by atoms with van der Waals surface area (Å²) in [5.41, 5.74) is 0.865. The molecule has 2 aromatic rings. The highest BCUT2D eigenvalue weighted by Crippen LogP contribution is 2.12. The Balaban J connectivity index is 1.66. The van der Waals surface area contributed by atoms with Gasteiger partial charge in [0.2, 0.25) is 0 Å². The number of hydrogen-bond acceptors (Lipinski definition) is 3. The zero-order valence-electron chi connectivity index (χ0n) is 11.8. The average molecular weight is 282 g/mol. The quantitative estimate of drug-likeness (QED) is 0.654. The Labute approximate surface area is 125 Å². The molecule has 0 amide bonds. The molecule has 3 heteroatoms. The number of para-hydroxylation sites is 1. The predicted molar refractivity (Wildman–Crippen MR) is 82.5 cm³/mol. The van der Waals surface area contributed by atoms with E-state index in [-0.39, 0.29) is 6.61 Å². The molecule has 0 aromatic heterocycles. The number of hydrogen-bond donors (Lipinski definition) is 1. The topological polar surface area (TPSA) is 38.7 Å². The fourth-order valence-electron chi connectivity index (χ4n) is 1.73. The van der Waals surface area contributed by atoms with Gasteiger partial charge in [0, 0.05) is 12.0 Å². The van der Waals surface area contributed by atoms with Crippen LogP contribution in [0.3, 0.4) is 0 Å². The van der Waals surface area contributed by atoms with Crippen LogP contribution in [-0.4, -0.2) is 24.9 Å². The minimum absolute atomic E-state index is 0.125. The monoisotopic (exact) mass is 282 g/mol. The highest BCUT2D eigenvalue weighted by atomic mass is 16.5.